The van der Waals surface area contributed by atoms with Crippen molar-refractivity contribution in [3.63, 3.8) is 0 Å². The summed E-state index contributed by atoms with van der Waals surface area (Å²) >= 11 is 7.48. The van der Waals surface area contributed by atoms with Gasteiger partial charge < -0.3 is 10.6 Å². The Morgan fingerprint density at radius 2 is 1.97 bits per heavy atom. The van der Waals surface area contributed by atoms with E-state index in [0.717, 1.165) is 46.5 Å². The summed E-state index contributed by atoms with van der Waals surface area (Å²) in [6.07, 6.45) is 0.886. The Hall–Kier alpha value is -2.73. The second-order valence-electron chi connectivity index (χ2n) is 7.63. The minimum Gasteiger partial charge on any atom is -0.397 e. The Labute approximate surface area is 183 Å². The zero-order valence-electron chi connectivity index (χ0n) is 16.5. The van der Waals surface area contributed by atoms with E-state index in [2.05, 4.69) is 24.1 Å². The van der Waals surface area contributed by atoms with E-state index < -0.39 is 0 Å². The van der Waals surface area contributed by atoms with Gasteiger partial charge in [0.05, 0.1) is 5.69 Å². The number of halogens is 1. The first-order chi connectivity index (χ1) is 14.5. The van der Waals surface area contributed by atoms with E-state index in [1.165, 1.54) is 16.9 Å². The molecule has 2 N–H and O–H groups in total. The number of nitrogen functional groups attached to an aromatic ring is 1. The zero-order chi connectivity index (χ0) is 20.8. The van der Waals surface area contributed by atoms with Crippen LogP contribution >= 0.6 is 22.9 Å². The van der Waals surface area contributed by atoms with Crippen molar-refractivity contribution in [2.75, 3.05) is 19.3 Å². The minimum atomic E-state index is -0.118. The van der Waals surface area contributed by atoms with E-state index in [1.807, 2.05) is 18.2 Å². The predicted molar refractivity (Wildman–Crippen MR) is 124 cm³/mol. The number of rotatable bonds is 3. The third kappa shape index (κ3) is 3.19. The molecule has 0 aliphatic carbocycles. The van der Waals surface area contributed by atoms with Crippen molar-refractivity contribution < 1.29 is 4.79 Å². The molecular formula is C24H20ClN3OS. The summed E-state index contributed by atoms with van der Waals surface area (Å²) in [6, 6.07) is 17.2. The fraction of sp³-hybridized carbons (Fsp3) is 0.167. The third-order valence-corrected chi connectivity index (χ3v) is 6.91. The second-order valence-corrected chi connectivity index (χ2v) is 9.07. The molecule has 0 atom stereocenters. The predicted octanol–water partition coefficient (Wildman–Crippen LogP) is 5.42. The van der Waals surface area contributed by atoms with Crippen molar-refractivity contribution in [2.24, 2.45) is 0 Å². The van der Waals surface area contributed by atoms with Gasteiger partial charge in [-0.05, 0) is 30.3 Å². The minimum absolute atomic E-state index is 0.118. The van der Waals surface area contributed by atoms with Crippen molar-refractivity contribution >= 4 is 44.6 Å². The van der Waals surface area contributed by atoms with Crippen LogP contribution in [0, 0.1) is 0 Å². The molecule has 1 aliphatic rings. The molecule has 30 heavy (non-hydrogen) atoms. The highest BCUT2D eigenvalue weighted by molar-refractivity contribution is 7.21. The molecule has 2 aromatic heterocycles. The average molecular weight is 434 g/mol. The van der Waals surface area contributed by atoms with Gasteiger partial charge in [0.1, 0.15) is 9.71 Å². The van der Waals surface area contributed by atoms with Crippen LogP contribution in [0.4, 0.5) is 5.69 Å². The smallest absolute Gasteiger partial charge is 0.205 e. The number of nitrogens with zero attached hydrogens (tertiary/aromatic N) is 2. The molecule has 0 amide bonds. The van der Waals surface area contributed by atoms with Gasteiger partial charge in [-0.15, -0.1) is 11.3 Å². The number of carbonyl (C=O) groups excluding carboxylic acids is 1. The van der Waals surface area contributed by atoms with E-state index in [0.29, 0.717) is 21.2 Å². The van der Waals surface area contributed by atoms with Crippen LogP contribution in [-0.4, -0.2) is 29.3 Å². The number of benzene rings is 2. The maximum absolute atomic E-state index is 13.2. The van der Waals surface area contributed by atoms with Gasteiger partial charge in [0, 0.05) is 46.7 Å². The van der Waals surface area contributed by atoms with E-state index in [4.69, 9.17) is 22.3 Å². The van der Waals surface area contributed by atoms with Crippen LogP contribution in [0.2, 0.25) is 5.02 Å². The Morgan fingerprint density at radius 1 is 1.17 bits per heavy atom. The highest BCUT2D eigenvalue weighted by Crippen LogP contribution is 2.43. The summed E-state index contributed by atoms with van der Waals surface area (Å²) in [4.78, 5) is 21.8. The Balaban J connectivity index is 1.78. The second kappa shape index (κ2) is 7.51. The molecule has 0 bridgehead atoms. The number of nitrogens with two attached hydrogens (primary N) is 1. The summed E-state index contributed by atoms with van der Waals surface area (Å²) < 4.78 is 0. The first kappa shape index (κ1) is 19.2. The van der Waals surface area contributed by atoms with Crippen LogP contribution in [0.5, 0.6) is 0 Å². The van der Waals surface area contributed by atoms with Crippen molar-refractivity contribution in [3.05, 3.63) is 81.3 Å². The molecule has 1 aliphatic heterocycles. The average Bonchev–Trinajstić information content (AvgIpc) is 3.08. The van der Waals surface area contributed by atoms with Crippen molar-refractivity contribution in [2.45, 2.75) is 13.0 Å². The van der Waals surface area contributed by atoms with Gasteiger partial charge in [-0.3, -0.25) is 4.79 Å². The molecule has 0 radical (unpaired) electrons. The normalized spacial score (nSPS) is 14.1. The van der Waals surface area contributed by atoms with E-state index in [1.54, 1.807) is 24.3 Å². The lowest BCUT2D eigenvalue weighted by Gasteiger charge is -2.27. The van der Waals surface area contributed by atoms with Crippen LogP contribution in [0.15, 0.2) is 54.6 Å². The van der Waals surface area contributed by atoms with Gasteiger partial charge in [-0.2, -0.15) is 0 Å². The molecule has 4 aromatic rings. The fourth-order valence-electron chi connectivity index (χ4n) is 4.11. The molecule has 150 valence electrons. The summed E-state index contributed by atoms with van der Waals surface area (Å²) in [5, 5.41) is 1.41. The molecule has 2 aromatic carbocycles. The number of fused-ring (bicyclic) bond motifs is 2. The van der Waals surface area contributed by atoms with Crippen molar-refractivity contribution in [3.8, 4) is 11.1 Å². The monoisotopic (exact) mass is 433 g/mol. The summed E-state index contributed by atoms with van der Waals surface area (Å²) in [5.41, 5.74) is 12.2. The number of thiophene rings is 1. The molecule has 5 rings (SSSR count). The number of carbonyl (C=O) groups is 1. The van der Waals surface area contributed by atoms with Gasteiger partial charge >= 0.3 is 0 Å². The summed E-state index contributed by atoms with van der Waals surface area (Å²) in [7, 11) is 2.12. The van der Waals surface area contributed by atoms with Gasteiger partial charge in [0.15, 0.2) is 0 Å². The van der Waals surface area contributed by atoms with Gasteiger partial charge in [-0.25, -0.2) is 4.98 Å². The molecule has 4 nitrogen and oxygen atoms in total. The number of anilines is 1. The SMILES string of the molecule is CN1CCc2nc3sc(C(=O)c4cccc(Cl)c4)c(N)c3c(-c3ccccc3)c2C1. The lowest BCUT2D eigenvalue weighted by molar-refractivity contribution is 0.104. The lowest BCUT2D eigenvalue weighted by atomic mass is 9.92. The number of pyridine rings is 1. The molecule has 6 heteroatoms. The van der Waals surface area contributed by atoms with Gasteiger partial charge in [-0.1, -0.05) is 54.1 Å². The fourth-order valence-corrected chi connectivity index (χ4v) is 5.39. The molecule has 0 fully saturated rings. The molecular weight excluding hydrogens is 414 g/mol. The largest absolute Gasteiger partial charge is 0.397 e. The van der Waals surface area contributed by atoms with E-state index in [-0.39, 0.29) is 5.78 Å². The summed E-state index contributed by atoms with van der Waals surface area (Å²) in [6.45, 7) is 1.78. The summed E-state index contributed by atoms with van der Waals surface area (Å²) in [5.74, 6) is -0.118. The topological polar surface area (TPSA) is 59.2 Å². The van der Waals surface area contributed by atoms with Crippen LogP contribution in [0.1, 0.15) is 26.5 Å². The first-order valence-electron chi connectivity index (χ1n) is 9.81. The third-order valence-electron chi connectivity index (χ3n) is 5.58. The molecule has 0 unspecified atom stereocenters. The number of aromatic nitrogens is 1. The quantitative estimate of drug-likeness (QED) is 0.438. The molecule has 0 spiro atoms. The van der Waals surface area contributed by atoms with Gasteiger partial charge in [0.2, 0.25) is 5.78 Å². The van der Waals surface area contributed by atoms with Crippen LogP contribution in [-0.2, 0) is 13.0 Å². The Morgan fingerprint density at radius 3 is 2.73 bits per heavy atom. The molecule has 0 saturated carbocycles. The Kier molecular flexibility index (Phi) is 4.82. The molecule has 0 saturated heterocycles. The van der Waals surface area contributed by atoms with E-state index in [9.17, 15) is 4.79 Å². The number of likely N-dealkylation sites (N-methyl/N-ethyl adjacent to an activating group) is 1. The number of hydrogen-bond acceptors (Lipinski definition) is 5. The van der Waals surface area contributed by atoms with Crippen LogP contribution in [0.3, 0.4) is 0 Å². The molecule has 3 heterocycles. The van der Waals surface area contributed by atoms with E-state index >= 15 is 0 Å². The lowest BCUT2D eigenvalue weighted by Crippen LogP contribution is -2.27. The van der Waals surface area contributed by atoms with Crippen molar-refractivity contribution in [1.82, 2.24) is 9.88 Å². The van der Waals surface area contributed by atoms with Gasteiger partial charge in [0.25, 0.3) is 0 Å². The van der Waals surface area contributed by atoms with Crippen molar-refractivity contribution in [1.29, 1.82) is 0 Å². The maximum atomic E-state index is 13.2. The highest BCUT2D eigenvalue weighted by atomic mass is 35.5. The zero-order valence-corrected chi connectivity index (χ0v) is 18.1. The van der Waals surface area contributed by atoms with Crippen LogP contribution in [0.25, 0.3) is 21.3 Å². The maximum Gasteiger partial charge on any atom is 0.205 e. The number of ketones is 1. The standard InChI is InChI=1S/C24H20ClN3OS/c1-28-11-10-18-17(13-28)19(14-6-3-2-4-7-14)20-21(26)23(30-24(20)27-18)22(29)15-8-5-9-16(25)12-15/h2-9,12H,10-11,13,26H2,1H3. The van der Waals surface area contributed by atoms with Crippen LogP contribution < -0.4 is 5.73 Å². The number of hydrogen-bond donors (Lipinski definition) is 1. The first-order valence-corrected chi connectivity index (χ1v) is 11.0. The highest BCUT2D eigenvalue weighted by Gasteiger charge is 2.27. The Bertz CT molecular complexity index is 1280.